The highest BCUT2D eigenvalue weighted by atomic mass is 17.2. The Morgan fingerprint density at radius 1 is 0.830 bits per heavy atom. The molecule has 260 valence electrons. The topological polar surface area (TPSA) is 100.0 Å². The Balaban J connectivity index is 1.24. The lowest BCUT2D eigenvalue weighted by Gasteiger charge is -2.63. The number of benzene rings is 2. The Bertz CT molecular complexity index is 1330. The van der Waals surface area contributed by atoms with E-state index in [1.165, 1.54) is 44.9 Å². The fourth-order valence-electron chi connectivity index (χ4n) is 11.7. The highest BCUT2D eigenvalue weighted by molar-refractivity contribution is 5.42. The van der Waals surface area contributed by atoms with Gasteiger partial charge >= 0.3 is 0 Å². The molecule has 0 heterocycles. The van der Waals surface area contributed by atoms with Crippen molar-refractivity contribution in [3.05, 3.63) is 59.7 Å². The number of rotatable bonds is 12. The molecule has 4 saturated carbocycles. The fourth-order valence-corrected chi connectivity index (χ4v) is 11.7. The van der Waals surface area contributed by atoms with Crippen LogP contribution in [0.4, 0.5) is 11.4 Å². The Hall–Kier alpha value is -2.12. The standard InChI is InChI=1S/C41H62N2O4/c1-26(2)9-6-10-27(3)34-15-16-35-33-24-38(47-45-25-28-11-7-13-31(42)21-28)37-23-30(39(46-44)29-12-8-14-32(43)22-29)17-19-41(37,5)36(33)18-20-40(34,35)4/h7-8,11-14,21-22,26-27,30,33-39,44H,6,9-10,15-20,23-25,42-43H2,1-5H3. The maximum atomic E-state index is 10.2. The zero-order valence-corrected chi connectivity index (χ0v) is 29.7. The van der Waals surface area contributed by atoms with E-state index >= 15 is 0 Å². The van der Waals surface area contributed by atoms with Crippen LogP contribution in [0.25, 0.3) is 0 Å². The van der Waals surface area contributed by atoms with E-state index in [4.69, 9.17) is 26.1 Å². The van der Waals surface area contributed by atoms with Gasteiger partial charge in [-0.05, 0) is 145 Å². The molecule has 11 atom stereocenters. The lowest BCUT2D eigenvalue weighted by Crippen LogP contribution is -2.58. The van der Waals surface area contributed by atoms with Gasteiger partial charge in [0.1, 0.15) is 12.7 Å². The fraction of sp³-hybridized carbons (Fsp3) is 0.707. The molecule has 0 radical (unpaired) electrons. The Kier molecular flexibility index (Phi) is 10.6. The van der Waals surface area contributed by atoms with Gasteiger partial charge in [0.15, 0.2) is 0 Å². The molecule has 0 saturated heterocycles. The van der Waals surface area contributed by atoms with Crippen molar-refractivity contribution >= 4 is 11.4 Å². The molecule has 4 fully saturated rings. The largest absolute Gasteiger partial charge is 0.399 e. The average Bonchev–Trinajstić information content (AvgIpc) is 3.39. The molecule has 5 N–H and O–H groups in total. The van der Waals surface area contributed by atoms with Gasteiger partial charge in [-0.2, -0.15) is 0 Å². The van der Waals surface area contributed by atoms with Crippen LogP contribution in [0.1, 0.15) is 122 Å². The van der Waals surface area contributed by atoms with Gasteiger partial charge in [0.05, 0.1) is 6.10 Å². The van der Waals surface area contributed by atoms with E-state index in [1.807, 2.05) is 48.5 Å². The third-order valence-electron chi connectivity index (χ3n) is 14.0. The minimum absolute atomic E-state index is 0.00448. The van der Waals surface area contributed by atoms with E-state index in [2.05, 4.69) is 34.6 Å². The lowest BCUT2D eigenvalue weighted by atomic mass is 9.43. The third kappa shape index (κ3) is 7.00. The van der Waals surface area contributed by atoms with Crippen molar-refractivity contribution in [3.63, 3.8) is 0 Å². The van der Waals surface area contributed by atoms with Crippen molar-refractivity contribution in [3.8, 4) is 0 Å². The summed E-state index contributed by atoms with van der Waals surface area (Å²) >= 11 is 0. The molecule has 2 aromatic carbocycles. The van der Waals surface area contributed by atoms with Crippen molar-refractivity contribution < 1.29 is 19.9 Å². The van der Waals surface area contributed by atoms with Gasteiger partial charge in [-0.1, -0.05) is 78.1 Å². The minimum atomic E-state index is -0.406. The van der Waals surface area contributed by atoms with Crippen LogP contribution in [-0.4, -0.2) is 11.4 Å². The van der Waals surface area contributed by atoms with Crippen LogP contribution in [0.15, 0.2) is 48.5 Å². The molecule has 6 heteroatoms. The van der Waals surface area contributed by atoms with Crippen molar-refractivity contribution in [2.24, 2.45) is 58.2 Å². The molecule has 6 nitrogen and oxygen atoms in total. The van der Waals surface area contributed by atoms with Gasteiger partial charge < -0.3 is 11.5 Å². The number of fused-ring (bicyclic) bond motifs is 5. The molecular weight excluding hydrogens is 584 g/mol. The molecule has 4 aliphatic rings. The minimum Gasteiger partial charge on any atom is -0.399 e. The van der Waals surface area contributed by atoms with Crippen molar-refractivity contribution in [2.75, 3.05) is 11.5 Å². The SMILES string of the molecule is CC(C)CCCC(C)C1CCC2C3CC(OOCc4cccc(N)c4)C4CC(C(OO)c5cccc(N)c5)CCC4(C)C3CCC12C. The quantitative estimate of drug-likeness (QED) is 0.121. The summed E-state index contributed by atoms with van der Waals surface area (Å²) in [5.41, 5.74) is 16.2. The molecule has 4 aliphatic carbocycles. The molecule has 47 heavy (non-hydrogen) atoms. The molecule has 2 aromatic rings. The first-order valence-electron chi connectivity index (χ1n) is 18.8. The second-order valence-electron chi connectivity index (χ2n) is 17.1. The summed E-state index contributed by atoms with van der Waals surface area (Å²) in [5.74, 6) is 4.98. The van der Waals surface area contributed by atoms with E-state index in [0.717, 1.165) is 66.2 Å². The first-order valence-corrected chi connectivity index (χ1v) is 18.8. The summed E-state index contributed by atoms with van der Waals surface area (Å²) in [4.78, 5) is 17.9. The van der Waals surface area contributed by atoms with E-state index < -0.39 is 6.10 Å². The maximum absolute atomic E-state index is 10.2. The van der Waals surface area contributed by atoms with E-state index in [9.17, 15) is 5.26 Å². The number of anilines is 2. The first kappa shape index (κ1) is 34.7. The van der Waals surface area contributed by atoms with Gasteiger partial charge in [0.2, 0.25) is 0 Å². The Morgan fingerprint density at radius 3 is 2.28 bits per heavy atom. The number of hydrogen-bond acceptors (Lipinski definition) is 6. The van der Waals surface area contributed by atoms with Crippen LogP contribution < -0.4 is 11.5 Å². The zero-order valence-electron chi connectivity index (χ0n) is 29.7. The monoisotopic (exact) mass is 646 g/mol. The molecule has 0 aromatic heterocycles. The molecule has 0 bridgehead atoms. The van der Waals surface area contributed by atoms with E-state index in [-0.39, 0.29) is 17.4 Å². The summed E-state index contributed by atoms with van der Waals surface area (Å²) in [5, 5.41) is 10.2. The average molecular weight is 647 g/mol. The predicted octanol–water partition coefficient (Wildman–Crippen LogP) is 10.2. The van der Waals surface area contributed by atoms with Gasteiger partial charge in [-0.25, -0.2) is 14.7 Å². The van der Waals surface area contributed by atoms with Crippen LogP contribution in [0.3, 0.4) is 0 Å². The molecular formula is C41H62N2O4. The Labute approximate surface area is 284 Å². The van der Waals surface area contributed by atoms with Crippen LogP contribution in [0.2, 0.25) is 0 Å². The first-order chi connectivity index (χ1) is 22.5. The molecule has 0 amide bonds. The highest BCUT2D eigenvalue weighted by Crippen LogP contribution is 2.69. The summed E-state index contributed by atoms with van der Waals surface area (Å²) in [6.45, 7) is 12.9. The van der Waals surface area contributed by atoms with E-state index in [1.54, 1.807) is 0 Å². The van der Waals surface area contributed by atoms with Gasteiger partial charge in [0, 0.05) is 11.4 Å². The molecule has 6 rings (SSSR count). The zero-order chi connectivity index (χ0) is 33.3. The second kappa shape index (κ2) is 14.4. The summed E-state index contributed by atoms with van der Waals surface area (Å²) in [6, 6.07) is 15.7. The molecule has 0 aliphatic heterocycles. The van der Waals surface area contributed by atoms with Gasteiger partial charge in [0.25, 0.3) is 0 Å². The lowest BCUT2D eigenvalue weighted by molar-refractivity contribution is -0.368. The number of hydrogen-bond donors (Lipinski definition) is 3. The predicted molar refractivity (Wildman–Crippen MR) is 190 cm³/mol. The third-order valence-corrected chi connectivity index (χ3v) is 14.0. The number of nitrogen functional groups attached to an aromatic ring is 2. The highest BCUT2D eigenvalue weighted by Gasteiger charge is 2.63. The van der Waals surface area contributed by atoms with Crippen LogP contribution in [0, 0.1) is 58.2 Å². The maximum Gasteiger partial charge on any atom is 0.121 e. The van der Waals surface area contributed by atoms with Crippen molar-refractivity contribution in [1.82, 2.24) is 0 Å². The second-order valence-corrected chi connectivity index (χ2v) is 17.1. The Morgan fingerprint density at radius 2 is 1.55 bits per heavy atom. The normalized spacial score (nSPS) is 36.4. The number of nitrogens with two attached hydrogens (primary N) is 2. The summed E-state index contributed by atoms with van der Waals surface area (Å²) in [7, 11) is 0. The van der Waals surface area contributed by atoms with Gasteiger partial charge in [-0.3, -0.25) is 5.26 Å². The van der Waals surface area contributed by atoms with Crippen LogP contribution in [0.5, 0.6) is 0 Å². The van der Waals surface area contributed by atoms with Crippen molar-refractivity contribution in [1.29, 1.82) is 0 Å². The van der Waals surface area contributed by atoms with Crippen LogP contribution >= 0.6 is 0 Å². The van der Waals surface area contributed by atoms with Gasteiger partial charge in [-0.15, -0.1) is 0 Å². The molecule has 0 spiro atoms. The van der Waals surface area contributed by atoms with E-state index in [0.29, 0.717) is 35.5 Å². The summed E-state index contributed by atoms with van der Waals surface area (Å²) in [6.07, 6.45) is 13.2. The molecule has 11 unspecified atom stereocenters. The van der Waals surface area contributed by atoms with Crippen molar-refractivity contribution in [2.45, 2.75) is 124 Å². The summed E-state index contributed by atoms with van der Waals surface area (Å²) < 4.78 is 0. The smallest absolute Gasteiger partial charge is 0.121 e. The van der Waals surface area contributed by atoms with Crippen LogP contribution in [-0.2, 0) is 21.3 Å².